The fourth-order valence-corrected chi connectivity index (χ4v) is 7.46. The molecule has 5 atom stereocenters. The van der Waals surface area contributed by atoms with Crippen LogP contribution in [-0.2, 0) is 46.3 Å². The minimum atomic E-state index is -0.495. The Balaban J connectivity index is 1.77. The van der Waals surface area contributed by atoms with Gasteiger partial charge in [0.2, 0.25) is 5.91 Å². The lowest BCUT2D eigenvalue weighted by Gasteiger charge is -2.36. The molecule has 0 bridgehead atoms. The van der Waals surface area contributed by atoms with Gasteiger partial charge in [-0.3, -0.25) is 14.4 Å². The number of nitrogens with one attached hydrogen (secondary N) is 1. The summed E-state index contributed by atoms with van der Waals surface area (Å²) < 4.78 is 34.6. The summed E-state index contributed by atoms with van der Waals surface area (Å²) in [6.07, 6.45) is 3.04. The Morgan fingerprint density at radius 3 is 2.20 bits per heavy atom. The minimum Gasteiger partial charge on any atom is -0.491 e. The Morgan fingerprint density at radius 2 is 1.54 bits per heavy atom. The molecule has 0 aliphatic heterocycles. The van der Waals surface area contributed by atoms with Crippen molar-refractivity contribution in [2.24, 2.45) is 23.5 Å². The van der Waals surface area contributed by atoms with E-state index in [1.54, 1.807) is 5.38 Å². The number of carbonyl (C=O) groups is 3. The average Bonchev–Trinajstić information content (AvgIpc) is 3.76. The zero-order valence-electron chi connectivity index (χ0n) is 37.6. The van der Waals surface area contributed by atoms with E-state index in [4.69, 9.17) is 39.1 Å². The third kappa shape index (κ3) is 19.3. The van der Waals surface area contributed by atoms with Crippen LogP contribution in [0.4, 0.5) is 0 Å². The van der Waals surface area contributed by atoms with Crippen LogP contribution in [0.1, 0.15) is 113 Å². The Bertz CT molecular complexity index is 1660. The fourth-order valence-electron chi connectivity index (χ4n) is 6.60. The van der Waals surface area contributed by atoms with Crippen LogP contribution in [-0.4, -0.2) is 99.3 Å². The quantitative estimate of drug-likeness (QED) is 0.0359. The smallest absolute Gasteiger partial charge is 0.309 e. The predicted octanol–water partition coefficient (Wildman–Crippen LogP) is 7.77. The van der Waals surface area contributed by atoms with Gasteiger partial charge < -0.3 is 44.4 Å². The maximum Gasteiger partial charge on any atom is 0.309 e. The molecule has 2 aromatic carbocycles. The molecule has 0 fully saturated rings. The second-order valence-electron chi connectivity index (χ2n) is 15.8. The highest BCUT2D eigenvalue weighted by Crippen LogP contribution is 2.31. The van der Waals surface area contributed by atoms with Gasteiger partial charge in [-0.2, -0.15) is 0 Å². The third-order valence-corrected chi connectivity index (χ3v) is 11.2. The lowest BCUT2D eigenvalue weighted by Crippen LogP contribution is -2.46. The number of ether oxygens (including phenoxy) is 6. The summed E-state index contributed by atoms with van der Waals surface area (Å²) in [5.74, 6) is -0.0513. The minimum absolute atomic E-state index is 0.0622. The molecule has 0 saturated heterocycles. The third-order valence-electron chi connectivity index (χ3n) is 10.3. The number of thiazole rings is 1. The topological polar surface area (TPSA) is 161 Å². The molecule has 3 N–H and O–H groups in total. The lowest BCUT2D eigenvalue weighted by molar-refractivity contribution is -0.149. The first-order valence-corrected chi connectivity index (χ1v) is 22.9. The molecule has 0 saturated carbocycles. The summed E-state index contributed by atoms with van der Waals surface area (Å²) in [5, 5.41) is 5.60. The maximum absolute atomic E-state index is 14.0. The van der Waals surface area contributed by atoms with Crippen LogP contribution in [0.2, 0.25) is 0 Å². The summed E-state index contributed by atoms with van der Waals surface area (Å²) >= 11 is 1.37. The predicted molar refractivity (Wildman–Crippen MR) is 239 cm³/mol. The van der Waals surface area contributed by atoms with Crippen molar-refractivity contribution in [3.05, 3.63) is 81.8 Å². The Labute approximate surface area is 368 Å². The lowest BCUT2D eigenvalue weighted by atomic mass is 9.95. The van der Waals surface area contributed by atoms with Gasteiger partial charge in [-0.05, 0) is 61.3 Å². The van der Waals surface area contributed by atoms with Crippen molar-refractivity contribution in [3.63, 3.8) is 0 Å². The number of amides is 2. The number of carbonyl (C=O) groups excluding carboxylic acids is 3. The molecule has 13 nitrogen and oxygen atoms in total. The standard InChI is InChI=1S/C47H72N4O9S/c1-8-21-59-43(30-42(34(4)5)51(33-55-10-3)44(52)27-35(6)9-2)46-50-41(32-61-46)45(53)49-39(28-36(7)47(54)60-31-38-14-12-11-13-15-38)29-37-16-18-40(19-17-37)58-26-25-57-24-23-56-22-20-48/h11-19,32,34-36,39,42-43H,8-10,20-31,33,48H2,1-7H3,(H,49,53)/t35-,36-,39+,42?,43+/m0/s1. The first kappa shape index (κ1) is 51.4. The molecule has 2 amide bonds. The number of nitrogens with two attached hydrogens (primary N) is 1. The van der Waals surface area contributed by atoms with E-state index < -0.39 is 18.1 Å². The number of benzene rings is 2. The first-order valence-electron chi connectivity index (χ1n) is 22.0. The molecule has 3 rings (SSSR count). The summed E-state index contributed by atoms with van der Waals surface area (Å²) in [6.45, 7) is 18.3. The first-order chi connectivity index (χ1) is 29.5. The van der Waals surface area contributed by atoms with Crippen LogP contribution in [0.25, 0.3) is 0 Å². The van der Waals surface area contributed by atoms with Crippen LogP contribution in [0.3, 0.4) is 0 Å². The van der Waals surface area contributed by atoms with Gasteiger partial charge in [0.1, 0.15) is 42.5 Å². The molecule has 1 aromatic heterocycles. The molecule has 0 spiro atoms. The largest absolute Gasteiger partial charge is 0.491 e. The van der Waals surface area contributed by atoms with Crippen molar-refractivity contribution in [1.82, 2.24) is 15.2 Å². The highest BCUT2D eigenvalue weighted by atomic mass is 32.1. The van der Waals surface area contributed by atoms with Gasteiger partial charge in [0.05, 0.1) is 32.3 Å². The van der Waals surface area contributed by atoms with Crippen LogP contribution in [0.5, 0.6) is 5.75 Å². The van der Waals surface area contributed by atoms with Crippen LogP contribution < -0.4 is 15.8 Å². The zero-order valence-corrected chi connectivity index (χ0v) is 38.4. The van der Waals surface area contributed by atoms with Gasteiger partial charge in [0.15, 0.2) is 0 Å². The SMILES string of the molecule is CCCO[C@H](CC(C(C)C)N(COCC)C(=O)C[C@@H](C)CC)c1nc(C(=O)N[C@@H](Cc2ccc(OCCOCCOCCN)cc2)C[C@H](C)C(=O)OCc2ccccc2)cs1. The molecule has 61 heavy (non-hydrogen) atoms. The van der Waals surface area contributed by atoms with E-state index in [-0.39, 0.29) is 54.7 Å². The summed E-state index contributed by atoms with van der Waals surface area (Å²) in [7, 11) is 0. The van der Waals surface area contributed by atoms with Crippen molar-refractivity contribution in [1.29, 1.82) is 0 Å². The second kappa shape index (κ2) is 29.4. The number of aromatic nitrogens is 1. The van der Waals surface area contributed by atoms with E-state index in [1.807, 2.05) is 80.3 Å². The molecule has 0 radical (unpaired) electrons. The van der Waals surface area contributed by atoms with E-state index >= 15 is 0 Å². The maximum atomic E-state index is 14.0. The van der Waals surface area contributed by atoms with Crippen molar-refractivity contribution in [2.45, 2.75) is 112 Å². The molecular weight excluding hydrogens is 797 g/mol. The molecule has 340 valence electrons. The van der Waals surface area contributed by atoms with Crippen molar-refractivity contribution in [2.75, 3.05) is 59.5 Å². The highest BCUT2D eigenvalue weighted by molar-refractivity contribution is 7.09. The van der Waals surface area contributed by atoms with Crippen LogP contribution >= 0.6 is 11.3 Å². The monoisotopic (exact) mass is 869 g/mol. The fraction of sp³-hybridized carbons (Fsp3) is 0.617. The Morgan fingerprint density at radius 1 is 0.836 bits per heavy atom. The molecule has 1 unspecified atom stereocenters. The van der Waals surface area contributed by atoms with Gasteiger partial charge in [-0.1, -0.05) is 90.4 Å². The highest BCUT2D eigenvalue weighted by Gasteiger charge is 2.32. The van der Waals surface area contributed by atoms with E-state index in [1.165, 1.54) is 11.3 Å². The Kier molecular flexibility index (Phi) is 24.8. The van der Waals surface area contributed by atoms with Gasteiger partial charge in [0, 0.05) is 50.1 Å². The summed E-state index contributed by atoms with van der Waals surface area (Å²) in [4.78, 5) is 47.5. The van der Waals surface area contributed by atoms with Crippen molar-refractivity contribution in [3.8, 4) is 5.75 Å². The van der Waals surface area contributed by atoms with Crippen molar-refractivity contribution >= 4 is 29.1 Å². The second-order valence-corrected chi connectivity index (χ2v) is 16.7. The van der Waals surface area contributed by atoms with Gasteiger partial charge >= 0.3 is 5.97 Å². The van der Waals surface area contributed by atoms with E-state index in [2.05, 4.69) is 33.0 Å². The number of hydrogen-bond donors (Lipinski definition) is 2. The van der Waals surface area contributed by atoms with E-state index in [0.717, 1.165) is 24.0 Å². The molecule has 3 aromatic rings. The number of rotatable bonds is 32. The van der Waals surface area contributed by atoms with E-state index in [0.29, 0.717) is 89.2 Å². The summed E-state index contributed by atoms with van der Waals surface area (Å²) in [6, 6.07) is 16.6. The van der Waals surface area contributed by atoms with Crippen LogP contribution in [0, 0.1) is 17.8 Å². The van der Waals surface area contributed by atoms with Gasteiger partial charge in [0.25, 0.3) is 5.91 Å². The number of esters is 1. The summed E-state index contributed by atoms with van der Waals surface area (Å²) in [5.41, 5.74) is 7.57. The van der Waals surface area contributed by atoms with Gasteiger partial charge in [-0.15, -0.1) is 11.3 Å². The molecule has 1 heterocycles. The number of nitrogens with zero attached hydrogens (tertiary/aromatic N) is 2. The van der Waals surface area contributed by atoms with Crippen molar-refractivity contribution < 1.29 is 42.8 Å². The zero-order chi connectivity index (χ0) is 44.4. The van der Waals surface area contributed by atoms with Crippen LogP contribution in [0.15, 0.2) is 60.0 Å². The average molecular weight is 869 g/mol. The van der Waals surface area contributed by atoms with E-state index in [9.17, 15) is 14.4 Å². The molecule has 0 aliphatic carbocycles. The molecule has 14 heteroatoms. The van der Waals surface area contributed by atoms with Gasteiger partial charge in [-0.25, -0.2) is 4.98 Å². The Hall–Kier alpha value is -3.92. The number of hydrogen-bond acceptors (Lipinski definition) is 12. The normalized spacial score (nSPS) is 13.9. The molecular formula is C47H72N4O9S. The molecule has 0 aliphatic rings.